The van der Waals surface area contributed by atoms with Crippen LogP contribution in [-0.4, -0.2) is 66.3 Å². The van der Waals surface area contributed by atoms with E-state index in [4.69, 9.17) is 23.6 Å². The maximum Gasteiger partial charge on any atom is 0.472 e. The van der Waals surface area contributed by atoms with E-state index in [0.29, 0.717) is 6.61 Å². The standard InChI is InChI=1S/C42H81O9P/c1-3-5-7-9-11-13-15-17-18-19-20-21-22-23-25-27-29-31-33-35-48-38-41(39-50-52(46,47)49-37-40(44)36-43)51-42(45)34-32-30-28-26-24-16-14-12-10-8-6-4-2/h13,15,18-19,40-41,43-44H,3-12,14,16-17,20-39H2,1-2H3,(H,46,47)/b15-13-,19-18-. The molecule has 0 saturated carbocycles. The first kappa shape index (κ1) is 50.9. The van der Waals surface area contributed by atoms with Gasteiger partial charge in [0.25, 0.3) is 0 Å². The van der Waals surface area contributed by atoms with Gasteiger partial charge in [0.2, 0.25) is 0 Å². The van der Waals surface area contributed by atoms with E-state index >= 15 is 0 Å². The van der Waals surface area contributed by atoms with Gasteiger partial charge in [0, 0.05) is 13.0 Å². The largest absolute Gasteiger partial charge is 0.472 e. The molecule has 9 nitrogen and oxygen atoms in total. The summed E-state index contributed by atoms with van der Waals surface area (Å²) in [4.78, 5) is 22.5. The lowest BCUT2D eigenvalue weighted by Crippen LogP contribution is -2.29. The zero-order valence-electron chi connectivity index (χ0n) is 33.5. The fraction of sp³-hybridized carbons (Fsp3) is 0.881. The van der Waals surface area contributed by atoms with Gasteiger partial charge in [-0.3, -0.25) is 13.8 Å². The number of aliphatic hydroxyl groups excluding tert-OH is 2. The van der Waals surface area contributed by atoms with Gasteiger partial charge in [0.1, 0.15) is 12.2 Å². The third-order valence-corrected chi connectivity index (χ3v) is 10.1. The summed E-state index contributed by atoms with van der Waals surface area (Å²) in [7, 11) is -4.51. The fourth-order valence-corrected chi connectivity index (χ4v) is 6.65. The molecule has 0 amide bonds. The van der Waals surface area contributed by atoms with Crippen molar-refractivity contribution in [1.29, 1.82) is 0 Å². The molecule has 3 N–H and O–H groups in total. The van der Waals surface area contributed by atoms with Crippen molar-refractivity contribution in [2.45, 2.75) is 206 Å². The molecule has 0 heterocycles. The average molecular weight is 761 g/mol. The third kappa shape index (κ3) is 38.7. The van der Waals surface area contributed by atoms with Crippen LogP contribution in [0.3, 0.4) is 0 Å². The van der Waals surface area contributed by atoms with E-state index in [0.717, 1.165) is 51.4 Å². The summed E-state index contributed by atoms with van der Waals surface area (Å²) < 4.78 is 33.3. The third-order valence-electron chi connectivity index (χ3n) is 9.14. The number of aliphatic hydroxyl groups is 2. The van der Waals surface area contributed by atoms with Crippen molar-refractivity contribution >= 4 is 13.8 Å². The van der Waals surface area contributed by atoms with Crippen LogP contribution in [0, 0.1) is 0 Å². The predicted octanol–water partition coefficient (Wildman–Crippen LogP) is 11.5. The van der Waals surface area contributed by atoms with Crippen LogP contribution in [0.25, 0.3) is 0 Å². The molecule has 0 aromatic rings. The molecule has 3 atom stereocenters. The molecule has 0 aromatic carbocycles. The van der Waals surface area contributed by atoms with Crippen molar-refractivity contribution in [3.05, 3.63) is 24.3 Å². The Morgan fingerprint density at radius 2 is 1.04 bits per heavy atom. The summed E-state index contributed by atoms with van der Waals surface area (Å²) in [6.45, 7) is 3.50. The Morgan fingerprint density at radius 1 is 0.596 bits per heavy atom. The van der Waals surface area contributed by atoms with E-state index in [-0.39, 0.29) is 25.6 Å². The van der Waals surface area contributed by atoms with Gasteiger partial charge in [0.15, 0.2) is 0 Å². The van der Waals surface area contributed by atoms with Crippen molar-refractivity contribution in [3.8, 4) is 0 Å². The van der Waals surface area contributed by atoms with E-state index in [1.165, 1.54) is 122 Å². The van der Waals surface area contributed by atoms with Crippen LogP contribution >= 0.6 is 7.82 Å². The first-order valence-corrected chi connectivity index (χ1v) is 22.8. The number of esters is 1. The van der Waals surface area contributed by atoms with E-state index in [1.54, 1.807) is 0 Å². The van der Waals surface area contributed by atoms with E-state index in [1.807, 2.05) is 0 Å². The Labute approximate surface area is 319 Å². The molecule has 308 valence electrons. The average Bonchev–Trinajstić information content (AvgIpc) is 3.13. The zero-order valence-corrected chi connectivity index (χ0v) is 34.4. The minimum Gasteiger partial charge on any atom is -0.457 e. The van der Waals surface area contributed by atoms with Gasteiger partial charge in [-0.2, -0.15) is 0 Å². The van der Waals surface area contributed by atoms with E-state index in [2.05, 4.69) is 38.2 Å². The second kappa shape index (κ2) is 39.6. The van der Waals surface area contributed by atoms with Gasteiger partial charge in [-0.15, -0.1) is 0 Å². The molecule has 0 aliphatic rings. The second-order valence-corrected chi connectivity index (χ2v) is 15.8. The smallest absolute Gasteiger partial charge is 0.457 e. The number of unbranched alkanes of at least 4 members (excludes halogenated alkanes) is 23. The summed E-state index contributed by atoms with van der Waals surface area (Å²) >= 11 is 0. The molecule has 0 saturated heterocycles. The van der Waals surface area contributed by atoms with Crippen LogP contribution in [0.1, 0.15) is 194 Å². The van der Waals surface area contributed by atoms with Crippen LogP contribution in [0.4, 0.5) is 0 Å². The highest BCUT2D eigenvalue weighted by Crippen LogP contribution is 2.43. The van der Waals surface area contributed by atoms with E-state index < -0.39 is 33.2 Å². The summed E-state index contributed by atoms with van der Waals surface area (Å²) in [6.07, 6.45) is 39.9. The molecule has 10 heteroatoms. The molecule has 0 spiro atoms. The quantitative estimate of drug-likeness (QED) is 0.0241. The Bertz CT molecular complexity index is 866. The van der Waals surface area contributed by atoms with E-state index in [9.17, 15) is 19.4 Å². The fourth-order valence-electron chi connectivity index (χ4n) is 5.86. The van der Waals surface area contributed by atoms with Crippen LogP contribution in [-0.2, 0) is 27.9 Å². The highest BCUT2D eigenvalue weighted by Gasteiger charge is 2.26. The molecule has 0 rings (SSSR count). The van der Waals surface area contributed by atoms with Crippen molar-refractivity contribution in [2.24, 2.45) is 0 Å². The van der Waals surface area contributed by atoms with Crippen LogP contribution in [0.2, 0.25) is 0 Å². The summed E-state index contributed by atoms with van der Waals surface area (Å²) in [6, 6.07) is 0. The number of rotatable bonds is 41. The lowest BCUT2D eigenvalue weighted by Gasteiger charge is -2.20. The maximum absolute atomic E-state index is 12.6. The summed E-state index contributed by atoms with van der Waals surface area (Å²) in [5.74, 6) is -0.384. The Balaban J connectivity index is 4.14. The van der Waals surface area contributed by atoms with Crippen molar-refractivity contribution in [1.82, 2.24) is 0 Å². The van der Waals surface area contributed by atoms with Crippen molar-refractivity contribution < 1.29 is 43.0 Å². The van der Waals surface area contributed by atoms with Gasteiger partial charge < -0.3 is 24.6 Å². The molecule has 0 bridgehead atoms. The van der Waals surface area contributed by atoms with Gasteiger partial charge in [-0.1, -0.05) is 167 Å². The topological polar surface area (TPSA) is 132 Å². The van der Waals surface area contributed by atoms with Crippen molar-refractivity contribution in [3.63, 3.8) is 0 Å². The number of carbonyl (C=O) groups is 1. The first-order valence-electron chi connectivity index (χ1n) is 21.3. The molecular weight excluding hydrogens is 679 g/mol. The van der Waals surface area contributed by atoms with Crippen LogP contribution in [0.5, 0.6) is 0 Å². The molecule has 52 heavy (non-hydrogen) atoms. The molecular formula is C42H81O9P. The minimum atomic E-state index is -4.51. The molecule has 3 unspecified atom stereocenters. The predicted molar refractivity (Wildman–Crippen MR) is 214 cm³/mol. The number of hydrogen-bond donors (Lipinski definition) is 3. The van der Waals surface area contributed by atoms with Crippen molar-refractivity contribution in [2.75, 3.05) is 33.0 Å². The van der Waals surface area contributed by atoms with Crippen LogP contribution < -0.4 is 0 Å². The number of phosphoric acid groups is 1. The molecule has 0 radical (unpaired) electrons. The second-order valence-electron chi connectivity index (χ2n) is 14.4. The maximum atomic E-state index is 12.6. The highest BCUT2D eigenvalue weighted by atomic mass is 31.2. The SMILES string of the molecule is CCCCCC/C=C\C/C=C\CCCCCCCCCCOCC(COP(=O)(O)OCC(O)CO)OC(=O)CCCCCCCCCCCCCC. The first-order chi connectivity index (χ1) is 25.3. The normalized spacial score (nSPS) is 14.3. The lowest BCUT2D eigenvalue weighted by molar-refractivity contribution is -0.154. The molecule has 0 aromatic heterocycles. The Hall–Kier alpha value is -1.06. The summed E-state index contributed by atoms with van der Waals surface area (Å²) in [5.41, 5.74) is 0. The minimum absolute atomic E-state index is 0.0488. The van der Waals surface area contributed by atoms with Gasteiger partial charge >= 0.3 is 13.8 Å². The van der Waals surface area contributed by atoms with Crippen LogP contribution in [0.15, 0.2) is 24.3 Å². The number of allylic oxidation sites excluding steroid dienone is 4. The zero-order chi connectivity index (χ0) is 38.2. The number of hydrogen-bond acceptors (Lipinski definition) is 8. The lowest BCUT2D eigenvalue weighted by atomic mass is 10.0. The van der Waals surface area contributed by atoms with Gasteiger partial charge in [-0.25, -0.2) is 4.57 Å². The monoisotopic (exact) mass is 761 g/mol. The number of ether oxygens (including phenoxy) is 2. The summed E-state index contributed by atoms with van der Waals surface area (Å²) in [5, 5.41) is 18.3. The highest BCUT2D eigenvalue weighted by molar-refractivity contribution is 7.47. The molecule has 0 aliphatic carbocycles. The Kier molecular flexibility index (Phi) is 38.8. The molecule has 0 fully saturated rings. The molecule has 0 aliphatic heterocycles. The number of carbonyl (C=O) groups excluding carboxylic acids is 1. The Morgan fingerprint density at radius 3 is 1.56 bits per heavy atom. The van der Waals surface area contributed by atoms with Gasteiger partial charge in [-0.05, 0) is 44.9 Å². The van der Waals surface area contributed by atoms with Gasteiger partial charge in [0.05, 0.1) is 26.4 Å². The number of phosphoric ester groups is 1.